The summed E-state index contributed by atoms with van der Waals surface area (Å²) in [6.07, 6.45) is 0. The molecule has 1 aromatic heterocycles. The van der Waals surface area contributed by atoms with Gasteiger partial charge in [-0.2, -0.15) is 0 Å². The van der Waals surface area contributed by atoms with E-state index >= 15 is 0 Å². The first-order valence-electron chi connectivity index (χ1n) is 4.09. The van der Waals surface area contributed by atoms with Crippen LogP contribution in [0.5, 0.6) is 0 Å². The van der Waals surface area contributed by atoms with Gasteiger partial charge >= 0.3 is 5.97 Å². The Kier molecular flexibility index (Phi) is 2.64. The van der Waals surface area contributed by atoms with Crippen molar-refractivity contribution in [2.45, 2.75) is 6.92 Å². The third-order valence-electron chi connectivity index (χ3n) is 1.83. The summed E-state index contributed by atoms with van der Waals surface area (Å²) in [4.78, 5) is 15.2. The third kappa shape index (κ3) is 1.50. The van der Waals surface area contributed by atoms with E-state index in [2.05, 4.69) is 9.72 Å². The number of carbonyl (C=O) groups excluding carboxylic acids is 1. The quantitative estimate of drug-likeness (QED) is 0.664. The van der Waals surface area contributed by atoms with E-state index in [-0.39, 0.29) is 5.69 Å². The SMILES string of the molecule is COC(=O)c1nc(C)n(N(C)C)c1N. The summed E-state index contributed by atoms with van der Waals surface area (Å²) >= 11 is 0. The summed E-state index contributed by atoms with van der Waals surface area (Å²) in [7, 11) is 4.92. The van der Waals surface area contributed by atoms with Crippen LogP contribution in [0.15, 0.2) is 0 Å². The van der Waals surface area contributed by atoms with Crippen molar-refractivity contribution in [3.63, 3.8) is 0 Å². The Balaban J connectivity index is 3.23. The molecule has 0 aromatic carbocycles. The molecule has 6 heteroatoms. The van der Waals surface area contributed by atoms with Crippen molar-refractivity contribution in [3.8, 4) is 0 Å². The molecule has 0 saturated carbocycles. The van der Waals surface area contributed by atoms with Crippen LogP contribution in [0.1, 0.15) is 16.3 Å². The van der Waals surface area contributed by atoms with Crippen molar-refractivity contribution in [2.75, 3.05) is 31.9 Å². The average Bonchev–Trinajstić information content (AvgIpc) is 2.40. The lowest BCUT2D eigenvalue weighted by atomic mass is 10.4. The second-order valence-corrected chi connectivity index (χ2v) is 3.04. The standard InChI is InChI=1S/C8H14N4O2/c1-5-10-6(8(13)14-4)7(9)12(5)11(2)3/h9H2,1-4H3. The zero-order chi connectivity index (χ0) is 10.9. The molecule has 0 atom stereocenters. The number of aromatic nitrogens is 2. The number of rotatable bonds is 2. The Morgan fingerprint density at radius 1 is 1.57 bits per heavy atom. The molecule has 0 amide bonds. The Bertz CT molecular complexity index is 356. The molecule has 0 aliphatic heterocycles. The van der Waals surface area contributed by atoms with E-state index in [1.54, 1.807) is 16.6 Å². The van der Waals surface area contributed by atoms with Crippen molar-refractivity contribution in [1.82, 2.24) is 9.66 Å². The van der Waals surface area contributed by atoms with Gasteiger partial charge in [-0.15, -0.1) is 0 Å². The minimum absolute atomic E-state index is 0.152. The van der Waals surface area contributed by atoms with E-state index in [4.69, 9.17) is 5.73 Å². The number of nitrogens with two attached hydrogens (primary N) is 1. The number of carbonyl (C=O) groups is 1. The second kappa shape index (κ2) is 3.57. The molecule has 0 bridgehead atoms. The summed E-state index contributed by atoms with van der Waals surface area (Å²) in [6, 6.07) is 0. The number of hydrogen-bond donors (Lipinski definition) is 1. The average molecular weight is 198 g/mol. The molecular weight excluding hydrogens is 184 g/mol. The van der Waals surface area contributed by atoms with Gasteiger partial charge < -0.3 is 15.5 Å². The normalized spacial score (nSPS) is 10.0. The molecule has 0 unspecified atom stereocenters. The van der Waals surface area contributed by atoms with Gasteiger partial charge in [0.25, 0.3) is 0 Å². The number of aryl methyl sites for hydroxylation is 1. The molecule has 1 aromatic rings. The van der Waals surface area contributed by atoms with Crippen molar-refractivity contribution in [1.29, 1.82) is 0 Å². The van der Waals surface area contributed by atoms with Crippen LogP contribution >= 0.6 is 0 Å². The second-order valence-electron chi connectivity index (χ2n) is 3.04. The molecule has 0 saturated heterocycles. The Morgan fingerprint density at radius 2 is 2.14 bits per heavy atom. The largest absolute Gasteiger partial charge is 0.464 e. The number of esters is 1. The van der Waals surface area contributed by atoms with Crippen molar-refractivity contribution in [3.05, 3.63) is 11.5 Å². The minimum atomic E-state index is -0.522. The summed E-state index contributed by atoms with van der Waals surface area (Å²) < 4.78 is 6.18. The van der Waals surface area contributed by atoms with Gasteiger partial charge in [0, 0.05) is 14.1 Å². The molecule has 0 fully saturated rings. The van der Waals surface area contributed by atoms with E-state index in [9.17, 15) is 4.79 Å². The fraction of sp³-hybridized carbons (Fsp3) is 0.500. The maximum atomic E-state index is 11.2. The maximum Gasteiger partial charge on any atom is 0.360 e. The number of nitrogen functional groups attached to an aromatic ring is 1. The van der Waals surface area contributed by atoms with Gasteiger partial charge in [0.15, 0.2) is 11.5 Å². The number of nitrogens with zero attached hydrogens (tertiary/aromatic N) is 3. The monoisotopic (exact) mass is 198 g/mol. The fourth-order valence-electron chi connectivity index (χ4n) is 1.29. The van der Waals surface area contributed by atoms with Gasteiger partial charge in [-0.05, 0) is 6.92 Å². The first-order chi connectivity index (χ1) is 6.49. The predicted molar refractivity (Wildman–Crippen MR) is 52.8 cm³/mol. The van der Waals surface area contributed by atoms with Crippen LogP contribution in [0.2, 0.25) is 0 Å². The fourth-order valence-corrected chi connectivity index (χ4v) is 1.29. The van der Waals surface area contributed by atoms with Gasteiger partial charge in [0.1, 0.15) is 5.82 Å². The van der Waals surface area contributed by atoms with Crippen LogP contribution in [0.3, 0.4) is 0 Å². The van der Waals surface area contributed by atoms with Crippen LogP contribution in [-0.2, 0) is 4.74 Å². The molecule has 78 valence electrons. The van der Waals surface area contributed by atoms with Gasteiger partial charge in [0.05, 0.1) is 7.11 Å². The zero-order valence-corrected chi connectivity index (χ0v) is 8.74. The first kappa shape index (κ1) is 10.4. The van der Waals surface area contributed by atoms with E-state index in [1.807, 2.05) is 14.1 Å². The van der Waals surface area contributed by atoms with Gasteiger partial charge in [-0.1, -0.05) is 0 Å². The van der Waals surface area contributed by atoms with E-state index in [0.29, 0.717) is 11.6 Å². The van der Waals surface area contributed by atoms with E-state index < -0.39 is 5.97 Å². The van der Waals surface area contributed by atoms with Crippen LogP contribution in [0.25, 0.3) is 0 Å². The topological polar surface area (TPSA) is 73.4 Å². The summed E-state index contributed by atoms with van der Waals surface area (Å²) in [6.45, 7) is 1.77. The highest BCUT2D eigenvalue weighted by Gasteiger charge is 2.19. The van der Waals surface area contributed by atoms with Crippen LogP contribution in [0.4, 0.5) is 5.82 Å². The van der Waals surface area contributed by atoms with Crippen molar-refractivity contribution >= 4 is 11.8 Å². The Morgan fingerprint density at radius 3 is 2.50 bits per heavy atom. The van der Waals surface area contributed by atoms with Crippen molar-refractivity contribution in [2.24, 2.45) is 0 Å². The highest BCUT2D eigenvalue weighted by Crippen LogP contribution is 2.14. The molecule has 0 aliphatic carbocycles. The third-order valence-corrected chi connectivity index (χ3v) is 1.83. The lowest BCUT2D eigenvalue weighted by Crippen LogP contribution is -2.27. The van der Waals surface area contributed by atoms with Gasteiger partial charge in [0.2, 0.25) is 0 Å². The van der Waals surface area contributed by atoms with Gasteiger partial charge in [-0.25, -0.2) is 14.5 Å². The first-order valence-corrected chi connectivity index (χ1v) is 4.09. The molecule has 0 aliphatic rings. The number of ether oxygens (including phenoxy) is 1. The molecule has 14 heavy (non-hydrogen) atoms. The smallest absolute Gasteiger partial charge is 0.360 e. The Labute approximate surface area is 82.2 Å². The van der Waals surface area contributed by atoms with Gasteiger partial charge in [-0.3, -0.25) is 0 Å². The lowest BCUT2D eigenvalue weighted by molar-refractivity contribution is 0.0596. The molecule has 6 nitrogen and oxygen atoms in total. The number of hydrogen-bond acceptors (Lipinski definition) is 5. The van der Waals surface area contributed by atoms with Crippen LogP contribution in [0, 0.1) is 6.92 Å². The number of anilines is 1. The van der Waals surface area contributed by atoms with E-state index in [1.165, 1.54) is 7.11 Å². The zero-order valence-electron chi connectivity index (χ0n) is 8.74. The molecule has 1 rings (SSSR count). The Hall–Kier alpha value is -1.72. The highest BCUT2D eigenvalue weighted by molar-refractivity contribution is 5.92. The maximum absolute atomic E-state index is 11.2. The van der Waals surface area contributed by atoms with Crippen molar-refractivity contribution < 1.29 is 9.53 Å². The molecule has 0 radical (unpaired) electrons. The molecule has 2 N–H and O–H groups in total. The summed E-state index contributed by atoms with van der Waals surface area (Å²) in [5, 5.41) is 1.74. The number of methoxy groups -OCH3 is 1. The lowest BCUT2D eigenvalue weighted by Gasteiger charge is -2.16. The minimum Gasteiger partial charge on any atom is -0.464 e. The number of imidazole rings is 1. The summed E-state index contributed by atoms with van der Waals surface area (Å²) in [5.41, 5.74) is 5.89. The van der Waals surface area contributed by atoms with Crippen LogP contribution < -0.4 is 10.7 Å². The predicted octanol–water partition coefficient (Wildman–Crippen LogP) is -0.242. The van der Waals surface area contributed by atoms with Crippen LogP contribution in [-0.4, -0.2) is 36.8 Å². The highest BCUT2D eigenvalue weighted by atomic mass is 16.5. The molecule has 0 spiro atoms. The molecule has 1 heterocycles. The summed E-state index contributed by atoms with van der Waals surface area (Å²) in [5.74, 6) is 0.415. The molecular formula is C8H14N4O2. The van der Waals surface area contributed by atoms with E-state index in [0.717, 1.165) is 0 Å².